The van der Waals surface area contributed by atoms with Gasteiger partial charge in [-0.05, 0) is 19.8 Å². The first-order valence-corrected chi connectivity index (χ1v) is 15.7. The second-order valence-electron chi connectivity index (χ2n) is 10.8. The molecule has 0 spiro atoms. The zero-order valence-electron chi connectivity index (χ0n) is 24.3. The Bertz CT molecular complexity index is 455. The van der Waals surface area contributed by atoms with E-state index in [0.717, 1.165) is 38.5 Å². The molecule has 0 aromatic rings. The molecule has 0 heterocycles. The summed E-state index contributed by atoms with van der Waals surface area (Å²) in [6, 6.07) is -0.535. The first kappa shape index (κ1) is 34.9. The van der Waals surface area contributed by atoms with Crippen LogP contribution in [0.25, 0.3) is 0 Å². The van der Waals surface area contributed by atoms with Gasteiger partial charge >= 0.3 is 11.9 Å². The van der Waals surface area contributed by atoms with E-state index in [4.69, 9.17) is 15.2 Å². The van der Waals surface area contributed by atoms with Gasteiger partial charge in [0.05, 0.1) is 6.04 Å². The standard InChI is InChI=1S/C31H61NO4/c1-4-6-8-10-12-14-16-18-20-22-24-26-29(33)35-31(28(3)32)36-30(34)27-25-23-21-19-17-15-13-11-9-7-5-2/h28,31H,4-27,32H2,1-3H3. The Hall–Kier alpha value is -1.10. The zero-order valence-corrected chi connectivity index (χ0v) is 24.3. The van der Waals surface area contributed by atoms with Crippen LogP contribution in [-0.4, -0.2) is 24.3 Å². The van der Waals surface area contributed by atoms with Gasteiger partial charge < -0.3 is 15.2 Å². The van der Waals surface area contributed by atoms with E-state index in [1.165, 1.54) is 103 Å². The predicted octanol–water partition coefficient (Wildman–Crippen LogP) is 9.15. The summed E-state index contributed by atoms with van der Waals surface area (Å²) in [7, 11) is 0. The maximum absolute atomic E-state index is 12.2. The number of carbonyl (C=O) groups excluding carboxylic acids is 2. The highest BCUT2D eigenvalue weighted by Crippen LogP contribution is 2.14. The molecule has 36 heavy (non-hydrogen) atoms. The van der Waals surface area contributed by atoms with E-state index in [-0.39, 0.29) is 11.9 Å². The molecule has 0 aromatic heterocycles. The van der Waals surface area contributed by atoms with Gasteiger partial charge in [-0.1, -0.05) is 142 Å². The monoisotopic (exact) mass is 511 g/mol. The van der Waals surface area contributed by atoms with Crippen molar-refractivity contribution in [1.82, 2.24) is 0 Å². The molecular weight excluding hydrogens is 450 g/mol. The second kappa shape index (κ2) is 26.9. The number of nitrogens with two attached hydrogens (primary N) is 1. The summed E-state index contributed by atoms with van der Waals surface area (Å²) in [5.41, 5.74) is 5.90. The molecule has 0 saturated heterocycles. The van der Waals surface area contributed by atoms with Gasteiger partial charge in [-0.15, -0.1) is 0 Å². The fourth-order valence-corrected chi connectivity index (χ4v) is 4.48. The Balaban J connectivity index is 3.73. The van der Waals surface area contributed by atoms with Crippen molar-refractivity contribution in [3.63, 3.8) is 0 Å². The van der Waals surface area contributed by atoms with Crippen LogP contribution < -0.4 is 5.73 Å². The average Bonchev–Trinajstić information content (AvgIpc) is 2.85. The van der Waals surface area contributed by atoms with Gasteiger partial charge in [0.1, 0.15) is 0 Å². The number of rotatable bonds is 27. The lowest BCUT2D eigenvalue weighted by molar-refractivity contribution is -0.191. The van der Waals surface area contributed by atoms with Crippen molar-refractivity contribution in [3.05, 3.63) is 0 Å². The summed E-state index contributed by atoms with van der Waals surface area (Å²) in [4.78, 5) is 24.4. The molecule has 0 aliphatic heterocycles. The minimum Gasteiger partial charge on any atom is -0.423 e. The van der Waals surface area contributed by atoms with Crippen molar-refractivity contribution in [3.8, 4) is 0 Å². The van der Waals surface area contributed by atoms with Crippen molar-refractivity contribution < 1.29 is 19.1 Å². The van der Waals surface area contributed by atoms with Crippen LogP contribution in [-0.2, 0) is 19.1 Å². The van der Waals surface area contributed by atoms with E-state index in [1.807, 2.05) is 0 Å². The van der Waals surface area contributed by atoms with Crippen molar-refractivity contribution in [2.24, 2.45) is 5.73 Å². The van der Waals surface area contributed by atoms with Crippen LogP contribution in [0.2, 0.25) is 0 Å². The van der Waals surface area contributed by atoms with Crippen LogP contribution in [0.1, 0.15) is 175 Å². The fraction of sp³-hybridized carbons (Fsp3) is 0.935. The van der Waals surface area contributed by atoms with Crippen LogP contribution in [0.4, 0.5) is 0 Å². The molecule has 5 nitrogen and oxygen atoms in total. The minimum absolute atomic E-state index is 0.323. The molecule has 0 aliphatic carbocycles. The lowest BCUT2D eigenvalue weighted by Gasteiger charge is -2.21. The molecule has 0 radical (unpaired) electrons. The smallest absolute Gasteiger partial charge is 0.308 e. The summed E-state index contributed by atoms with van der Waals surface area (Å²) in [5, 5.41) is 0. The number of unbranched alkanes of at least 4 members (excludes halogenated alkanes) is 20. The highest BCUT2D eigenvalue weighted by Gasteiger charge is 2.22. The second-order valence-corrected chi connectivity index (χ2v) is 10.8. The molecule has 0 amide bonds. The van der Waals surface area contributed by atoms with Gasteiger partial charge in [0.25, 0.3) is 6.29 Å². The zero-order chi connectivity index (χ0) is 26.7. The molecule has 1 unspecified atom stereocenters. The van der Waals surface area contributed by atoms with E-state index in [1.54, 1.807) is 6.92 Å². The first-order valence-electron chi connectivity index (χ1n) is 15.7. The highest BCUT2D eigenvalue weighted by atomic mass is 16.7. The number of carbonyl (C=O) groups is 2. The van der Waals surface area contributed by atoms with Gasteiger partial charge in [-0.25, -0.2) is 0 Å². The Kier molecular flexibility index (Phi) is 26.1. The number of hydrogen-bond donors (Lipinski definition) is 1. The molecular formula is C31H61NO4. The minimum atomic E-state index is -0.981. The van der Waals surface area contributed by atoms with Gasteiger partial charge in [0, 0.05) is 12.8 Å². The van der Waals surface area contributed by atoms with E-state index in [2.05, 4.69) is 13.8 Å². The Morgan fingerprint density at radius 2 is 0.750 bits per heavy atom. The summed E-state index contributed by atoms with van der Waals surface area (Å²) in [6.07, 6.45) is 26.9. The third-order valence-electron chi connectivity index (χ3n) is 6.89. The maximum atomic E-state index is 12.2. The SMILES string of the molecule is CCCCCCCCCCCCCC(=O)OC(OC(=O)CCCCCCCCCCCCC)C(C)N. The van der Waals surface area contributed by atoms with Crippen LogP contribution in [0.5, 0.6) is 0 Å². The van der Waals surface area contributed by atoms with E-state index in [9.17, 15) is 9.59 Å². The molecule has 0 aliphatic rings. The third kappa shape index (κ3) is 24.6. The molecule has 2 N–H and O–H groups in total. The summed E-state index contributed by atoms with van der Waals surface area (Å²) >= 11 is 0. The molecule has 0 bridgehead atoms. The van der Waals surface area contributed by atoms with Crippen molar-refractivity contribution in [2.45, 2.75) is 187 Å². The van der Waals surface area contributed by atoms with E-state index in [0.29, 0.717) is 12.8 Å². The van der Waals surface area contributed by atoms with Crippen LogP contribution in [0.15, 0.2) is 0 Å². The van der Waals surface area contributed by atoms with Crippen LogP contribution >= 0.6 is 0 Å². The molecule has 0 saturated carbocycles. The Morgan fingerprint density at radius 1 is 0.500 bits per heavy atom. The topological polar surface area (TPSA) is 78.6 Å². The molecule has 214 valence electrons. The Morgan fingerprint density at radius 3 is 1.00 bits per heavy atom. The fourth-order valence-electron chi connectivity index (χ4n) is 4.48. The molecule has 0 fully saturated rings. The molecule has 0 aromatic carbocycles. The molecule has 0 rings (SSSR count). The van der Waals surface area contributed by atoms with Crippen LogP contribution in [0.3, 0.4) is 0 Å². The largest absolute Gasteiger partial charge is 0.423 e. The van der Waals surface area contributed by atoms with Gasteiger partial charge in [0.15, 0.2) is 0 Å². The van der Waals surface area contributed by atoms with E-state index < -0.39 is 12.3 Å². The molecule has 5 heteroatoms. The van der Waals surface area contributed by atoms with Crippen LogP contribution in [0, 0.1) is 0 Å². The normalized spacial score (nSPS) is 12.1. The Labute approximate surface area is 224 Å². The van der Waals surface area contributed by atoms with Gasteiger partial charge in [0.2, 0.25) is 0 Å². The lowest BCUT2D eigenvalue weighted by atomic mass is 10.1. The van der Waals surface area contributed by atoms with Gasteiger partial charge in [-0.2, -0.15) is 0 Å². The average molecular weight is 512 g/mol. The highest BCUT2D eigenvalue weighted by molar-refractivity contribution is 5.71. The summed E-state index contributed by atoms with van der Waals surface area (Å²) in [5.74, 6) is -0.647. The predicted molar refractivity (Wildman–Crippen MR) is 152 cm³/mol. The summed E-state index contributed by atoms with van der Waals surface area (Å²) < 4.78 is 10.7. The number of esters is 2. The third-order valence-corrected chi connectivity index (χ3v) is 6.89. The lowest BCUT2D eigenvalue weighted by Crippen LogP contribution is -2.39. The quantitative estimate of drug-likeness (QED) is 0.0675. The maximum Gasteiger partial charge on any atom is 0.308 e. The number of hydrogen-bond acceptors (Lipinski definition) is 5. The summed E-state index contributed by atoms with van der Waals surface area (Å²) in [6.45, 7) is 6.20. The molecule has 1 atom stereocenters. The number of ether oxygens (including phenoxy) is 2. The van der Waals surface area contributed by atoms with Crippen molar-refractivity contribution >= 4 is 11.9 Å². The van der Waals surface area contributed by atoms with E-state index >= 15 is 0 Å². The van der Waals surface area contributed by atoms with Gasteiger partial charge in [-0.3, -0.25) is 9.59 Å². The van der Waals surface area contributed by atoms with Crippen molar-refractivity contribution in [1.29, 1.82) is 0 Å². The van der Waals surface area contributed by atoms with Crippen molar-refractivity contribution in [2.75, 3.05) is 0 Å². The first-order chi connectivity index (χ1) is 17.5.